The van der Waals surface area contributed by atoms with Crippen molar-refractivity contribution in [3.8, 4) is 11.1 Å². The highest BCUT2D eigenvalue weighted by Gasteiger charge is 2.34. The van der Waals surface area contributed by atoms with E-state index in [2.05, 4.69) is 15.2 Å². The third-order valence-electron chi connectivity index (χ3n) is 7.29. The SMILES string of the molecule is Cc1ccc(NC(=O)c2ccc(CN3CCN(C)CC3)c(C(F)(F)F)c2)cc1-c1cncc2c(N)cccc12. The third kappa shape index (κ3) is 5.74. The molecule has 6 nitrogen and oxygen atoms in total. The Balaban J connectivity index is 1.42. The fraction of sp³-hybridized carbons (Fsp3) is 0.267. The summed E-state index contributed by atoms with van der Waals surface area (Å²) >= 11 is 0. The zero-order chi connectivity index (χ0) is 27.7. The van der Waals surface area contributed by atoms with E-state index in [4.69, 9.17) is 5.73 Å². The standard InChI is InChI=1S/C30H30F3N5O/c1-19-6-9-22(15-24(19)25-16-35-17-26-23(25)4-3-5-28(26)34)36-29(39)20-7-8-21(27(14-20)30(31,32)33)18-38-12-10-37(2)11-13-38/h3-9,14-17H,10-13,18,34H2,1-2H3,(H,36,39). The molecular formula is C30H30F3N5O. The maximum absolute atomic E-state index is 14.0. The Bertz CT molecular complexity index is 1530. The fourth-order valence-corrected chi connectivity index (χ4v) is 4.99. The van der Waals surface area contributed by atoms with E-state index in [0.717, 1.165) is 46.6 Å². The van der Waals surface area contributed by atoms with E-state index < -0.39 is 17.6 Å². The number of nitrogens with one attached hydrogen (secondary N) is 1. The van der Waals surface area contributed by atoms with Crippen LogP contribution in [0.15, 0.2) is 67.0 Å². The quantitative estimate of drug-likeness (QED) is 0.317. The van der Waals surface area contributed by atoms with Crippen molar-refractivity contribution in [3.05, 3.63) is 89.2 Å². The van der Waals surface area contributed by atoms with E-state index in [9.17, 15) is 18.0 Å². The number of hydrogen-bond donors (Lipinski definition) is 2. The van der Waals surface area contributed by atoms with E-state index in [1.807, 2.05) is 43.1 Å². The maximum Gasteiger partial charge on any atom is 0.416 e. The molecular weight excluding hydrogens is 503 g/mol. The van der Waals surface area contributed by atoms with Crippen LogP contribution >= 0.6 is 0 Å². The highest BCUT2D eigenvalue weighted by Crippen LogP contribution is 2.35. The number of carbonyl (C=O) groups excluding carboxylic acids is 1. The number of rotatable bonds is 5. The van der Waals surface area contributed by atoms with Crippen molar-refractivity contribution < 1.29 is 18.0 Å². The number of halogens is 3. The van der Waals surface area contributed by atoms with Crippen LogP contribution < -0.4 is 11.1 Å². The lowest BCUT2D eigenvalue weighted by Gasteiger charge is -2.33. The van der Waals surface area contributed by atoms with Gasteiger partial charge in [0.2, 0.25) is 0 Å². The molecule has 1 fully saturated rings. The molecule has 0 bridgehead atoms. The molecule has 0 unspecified atom stereocenters. The molecule has 0 atom stereocenters. The number of nitrogen functional groups attached to an aromatic ring is 1. The fourth-order valence-electron chi connectivity index (χ4n) is 4.99. The maximum atomic E-state index is 14.0. The minimum absolute atomic E-state index is 0.0498. The Morgan fingerprint density at radius 3 is 2.49 bits per heavy atom. The molecule has 0 radical (unpaired) electrons. The number of piperazine rings is 1. The molecule has 2 heterocycles. The number of nitrogens with two attached hydrogens (primary N) is 1. The lowest BCUT2D eigenvalue weighted by Crippen LogP contribution is -2.44. The average Bonchev–Trinajstić information content (AvgIpc) is 2.91. The Morgan fingerprint density at radius 2 is 1.74 bits per heavy atom. The first-order chi connectivity index (χ1) is 18.6. The average molecular weight is 534 g/mol. The highest BCUT2D eigenvalue weighted by atomic mass is 19.4. The molecule has 3 aromatic carbocycles. The summed E-state index contributed by atoms with van der Waals surface area (Å²) in [7, 11) is 2.00. The molecule has 0 aliphatic carbocycles. The van der Waals surface area contributed by atoms with E-state index in [0.29, 0.717) is 24.5 Å². The van der Waals surface area contributed by atoms with Crippen molar-refractivity contribution in [2.24, 2.45) is 0 Å². The third-order valence-corrected chi connectivity index (χ3v) is 7.29. The number of likely N-dealkylation sites (N-methyl/N-ethyl adjacent to an activating group) is 1. The molecule has 39 heavy (non-hydrogen) atoms. The number of fused-ring (bicyclic) bond motifs is 1. The topological polar surface area (TPSA) is 74.5 Å². The van der Waals surface area contributed by atoms with Gasteiger partial charge in [-0.15, -0.1) is 0 Å². The lowest BCUT2D eigenvalue weighted by molar-refractivity contribution is -0.138. The number of nitrogens with zero attached hydrogens (tertiary/aromatic N) is 3. The van der Waals surface area contributed by atoms with Crippen LogP contribution in [-0.4, -0.2) is 53.9 Å². The van der Waals surface area contributed by atoms with E-state index >= 15 is 0 Å². The molecule has 1 amide bonds. The van der Waals surface area contributed by atoms with Crippen molar-refractivity contribution in [2.75, 3.05) is 44.3 Å². The highest BCUT2D eigenvalue weighted by molar-refractivity contribution is 6.06. The monoisotopic (exact) mass is 533 g/mol. The summed E-state index contributed by atoms with van der Waals surface area (Å²) in [6, 6.07) is 14.9. The minimum Gasteiger partial charge on any atom is -0.398 e. The number of carbonyl (C=O) groups is 1. The number of pyridine rings is 1. The van der Waals surface area contributed by atoms with Crippen molar-refractivity contribution in [2.45, 2.75) is 19.6 Å². The number of benzene rings is 3. The van der Waals surface area contributed by atoms with Crippen molar-refractivity contribution in [1.29, 1.82) is 0 Å². The molecule has 1 aliphatic rings. The van der Waals surface area contributed by atoms with Gasteiger partial charge in [-0.3, -0.25) is 14.7 Å². The summed E-state index contributed by atoms with van der Waals surface area (Å²) in [6.07, 6.45) is -1.12. The normalized spacial score (nSPS) is 15.0. The second-order valence-electron chi connectivity index (χ2n) is 10.1. The summed E-state index contributed by atoms with van der Waals surface area (Å²) in [6.45, 7) is 5.15. The summed E-state index contributed by atoms with van der Waals surface area (Å²) in [4.78, 5) is 21.6. The van der Waals surface area contributed by atoms with Gasteiger partial charge in [0.05, 0.1) is 5.56 Å². The summed E-state index contributed by atoms with van der Waals surface area (Å²) in [5.74, 6) is -0.610. The molecule has 202 valence electrons. The largest absolute Gasteiger partial charge is 0.416 e. The first-order valence-electron chi connectivity index (χ1n) is 12.8. The Labute approximate surface area is 225 Å². The van der Waals surface area contributed by atoms with Gasteiger partial charge in [0.15, 0.2) is 0 Å². The van der Waals surface area contributed by atoms with E-state index in [-0.39, 0.29) is 17.7 Å². The van der Waals surface area contributed by atoms with Crippen LogP contribution in [0.1, 0.15) is 27.0 Å². The van der Waals surface area contributed by atoms with Crippen molar-refractivity contribution in [1.82, 2.24) is 14.8 Å². The van der Waals surface area contributed by atoms with Gasteiger partial charge in [-0.05, 0) is 66.4 Å². The second kappa shape index (κ2) is 10.7. The van der Waals surface area contributed by atoms with Gasteiger partial charge >= 0.3 is 6.18 Å². The molecule has 0 spiro atoms. The number of amides is 1. The van der Waals surface area contributed by atoms with Gasteiger partial charge in [0.25, 0.3) is 5.91 Å². The first-order valence-corrected chi connectivity index (χ1v) is 12.8. The summed E-state index contributed by atoms with van der Waals surface area (Å²) in [5.41, 5.74) is 9.20. The Hall–Kier alpha value is -3.95. The molecule has 3 N–H and O–H groups in total. The van der Waals surface area contributed by atoms with Gasteiger partial charge in [-0.1, -0.05) is 24.3 Å². The molecule has 0 saturated carbocycles. The lowest BCUT2D eigenvalue weighted by atomic mass is 9.96. The molecule has 5 rings (SSSR count). The van der Waals surface area contributed by atoms with Crippen LogP contribution in [0.25, 0.3) is 21.9 Å². The Kier molecular flexibility index (Phi) is 7.29. The van der Waals surface area contributed by atoms with Crippen LogP contribution in [0.5, 0.6) is 0 Å². The second-order valence-corrected chi connectivity index (χ2v) is 10.1. The minimum atomic E-state index is -4.57. The van der Waals surface area contributed by atoms with E-state index in [1.165, 1.54) is 12.1 Å². The van der Waals surface area contributed by atoms with Crippen LogP contribution in [0.3, 0.4) is 0 Å². The zero-order valence-corrected chi connectivity index (χ0v) is 21.8. The van der Waals surface area contributed by atoms with Gasteiger partial charge in [0.1, 0.15) is 0 Å². The van der Waals surface area contributed by atoms with Gasteiger partial charge in [-0.25, -0.2) is 0 Å². The first kappa shape index (κ1) is 26.6. The molecule has 1 saturated heterocycles. The predicted molar refractivity (Wildman–Crippen MR) is 148 cm³/mol. The number of hydrogen-bond acceptors (Lipinski definition) is 5. The van der Waals surface area contributed by atoms with E-state index in [1.54, 1.807) is 24.5 Å². The number of aromatic nitrogens is 1. The van der Waals surface area contributed by atoms with Gasteiger partial charge in [-0.2, -0.15) is 13.2 Å². The van der Waals surface area contributed by atoms with Crippen molar-refractivity contribution in [3.63, 3.8) is 0 Å². The van der Waals surface area contributed by atoms with Crippen molar-refractivity contribution >= 4 is 28.1 Å². The Morgan fingerprint density at radius 1 is 0.974 bits per heavy atom. The number of anilines is 2. The molecule has 1 aliphatic heterocycles. The van der Waals surface area contributed by atoms with Gasteiger partial charge in [0, 0.05) is 73.0 Å². The van der Waals surface area contributed by atoms with Crippen LogP contribution in [-0.2, 0) is 12.7 Å². The van der Waals surface area contributed by atoms with Crippen LogP contribution in [0.2, 0.25) is 0 Å². The summed E-state index contributed by atoms with van der Waals surface area (Å²) in [5, 5.41) is 4.51. The molecule has 4 aromatic rings. The molecule has 9 heteroatoms. The molecule has 1 aromatic heterocycles. The predicted octanol–water partition coefficient (Wildman–Crippen LogP) is 5.81. The number of aryl methyl sites for hydroxylation is 1. The smallest absolute Gasteiger partial charge is 0.398 e. The number of alkyl halides is 3. The van der Waals surface area contributed by atoms with Gasteiger partial charge < -0.3 is 16.0 Å². The zero-order valence-electron chi connectivity index (χ0n) is 21.8. The van der Waals surface area contributed by atoms with Crippen LogP contribution in [0, 0.1) is 6.92 Å². The summed E-state index contributed by atoms with van der Waals surface area (Å²) < 4.78 is 42.0. The van der Waals surface area contributed by atoms with Crippen LogP contribution in [0.4, 0.5) is 24.5 Å².